The maximum absolute atomic E-state index is 12.8. The largest absolute Gasteiger partial charge is 0.360 e. The van der Waals surface area contributed by atoms with Gasteiger partial charge in [0.25, 0.3) is 0 Å². The fourth-order valence-electron chi connectivity index (χ4n) is 3.46. The van der Waals surface area contributed by atoms with Crippen LogP contribution in [0, 0.1) is 6.92 Å². The Hall–Kier alpha value is -2.32. The van der Waals surface area contributed by atoms with E-state index in [1.54, 1.807) is 24.8 Å². The van der Waals surface area contributed by atoms with Gasteiger partial charge in [-0.25, -0.2) is 0 Å². The molecule has 1 atom stereocenters. The van der Waals surface area contributed by atoms with E-state index in [1.807, 2.05) is 17.0 Å². The summed E-state index contributed by atoms with van der Waals surface area (Å²) in [5, 5.41) is 6.47. The van der Waals surface area contributed by atoms with Crippen LogP contribution in [0.5, 0.6) is 0 Å². The normalized spacial score (nSPS) is 19.7. The summed E-state index contributed by atoms with van der Waals surface area (Å²) >= 11 is 1.67. The van der Waals surface area contributed by atoms with E-state index in [1.165, 1.54) is 10.5 Å². The first-order chi connectivity index (χ1) is 13.1. The molecule has 1 fully saturated rings. The number of piperazine rings is 1. The van der Waals surface area contributed by atoms with Crippen LogP contribution in [0.25, 0.3) is 0 Å². The molecule has 1 N–H and O–H groups in total. The van der Waals surface area contributed by atoms with E-state index in [4.69, 9.17) is 4.52 Å². The van der Waals surface area contributed by atoms with Gasteiger partial charge >= 0.3 is 0 Å². The lowest BCUT2D eigenvalue weighted by Crippen LogP contribution is -2.52. The molecule has 27 heavy (non-hydrogen) atoms. The molecule has 3 heterocycles. The lowest BCUT2D eigenvalue weighted by atomic mass is 10.1. The lowest BCUT2D eigenvalue weighted by Gasteiger charge is -2.35. The van der Waals surface area contributed by atoms with E-state index in [0.717, 1.165) is 6.42 Å². The Bertz CT molecular complexity index is 820. The van der Waals surface area contributed by atoms with Crippen LogP contribution in [0.1, 0.15) is 11.3 Å². The van der Waals surface area contributed by atoms with Gasteiger partial charge in [0.1, 0.15) is 5.76 Å². The van der Waals surface area contributed by atoms with Crippen molar-refractivity contribution < 1.29 is 14.1 Å². The van der Waals surface area contributed by atoms with E-state index < -0.39 is 0 Å². The summed E-state index contributed by atoms with van der Waals surface area (Å²) in [4.78, 5) is 30.2. The zero-order valence-corrected chi connectivity index (χ0v) is 16.0. The van der Waals surface area contributed by atoms with E-state index in [0.29, 0.717) is 37.8 Å². The molecule has 2 aromatic rings. The molecule has 0 radical (unpaired) electrons. The highest BCUT2D eigenvalue weighted by atomic mass is 32.2. The predicted octanol–water partition coefficient (Wildman–Crippen LogP) is 1.78. The lowest BCUT2D eigenvalue weighted by molar-refractivity contribution is -0.132. The highest BCUT2D eigenvalue weighted by molar-refractivity contribution is 8.01. The van der Waals surface area contributed by atoms with Crippen molar-refractivity contribution in [2.45, 2.75) is 23.5 Å². The van der Waals surface area contributed by atoms with E-state index in [2.05, 4.69) is 27.5 Å². The van der Waals surface area contributed by atoms with Gasteiger partial charge in [0.15, 0.2) is 5.82 Å². The summed E-state index contributed by atoms with van der Waals surface area (Å²) in [6.07, 6.45) is 0.805. The number of carbonyl (C=O) groups is 2. The standard InChI is InChI=1S/C19H22N4O3S/c1-13-10-17(21-26-13)20-18(24)12-22-6-8-23(9-7-22)19(25)16-11-14-4-2-3-5-15(14)27-16/h2-5,10,16H,6-9,11-12H2,1H3,(H,20,21,24)/t16-/m1/s1. The molecule has 4 rings (SSSR count). The SMILES string of the molecule is Cc1cc(NC(=O)CN2CCN(C(=O)[C@H]3Cc4ccccc4S3)CC2)no1. The molecule has 2 amide bonds. The molecule has 0 unspecified atom stereocenters. The molecule has 142 valence electrons. The monoisotopic (exact) mass is 386 g/mol. The first-order valence-electron chi connectivity index (χ1n) is 9.07. The van der Waals surface area contributed by atoms with Crippen LogP contribution in [0.2, 0.25) is 0 Å². The molecular weight excluding hydrogens is 364 g/mol. The average Bonchev–Trinajstić information content (AvgIpc) is 3.27. The second-order valence-electron chi connectivity index (χ2n) is 6.89. The summed E-state index contributed by atoms with van der Waals surface area (Å²) in [5.74, 6) is 1.18. The average molecular weight is 386 g/mol. The molecule has 1 saturated heterocycles. The van der Waals surface area contributed by atoms with Crippen molar-refractivity contribution in [3.63, 3.8) is 0 Å². The molecule has 2 aliphatic rings. The minimum absolute atomic E-state index is 0.0207. The third-order valence-corrected chi connectivity index (χ3v) is 6.17. The molecule has 1 aromatic heterocycles. The summed E-state index contributed by atoms with van der Waals surface area (Å²) in [6.45, 7) is 4.77. The zero-order valence-electron chi connectivity index (χ0n) is 15.2. The van der Waals surface area contributed by atoms with Crippen molar-refractivity contribution in [3.8, 4) is 0 Å². The minimum Gasteiger partial charge on any atom is -0.360 e. The number of anilines is 1. The van der Waals surface area contributed by atoms with Gasteiger partial charge in [-0.05, 0) is 25.0 Å². The van der Waals surface area contributed by atoms with Crippen LogP contribution in [0.4, 0.5) is 5.82 Å². The maximum Gasteiger partial charge on any atom is 0.239 e. The highest BCUT2D eigenvalue weighted by Crippen LogP contribution is 2.37. The van der Waals surface area contributed by atoms with E-state index >= 15 is 0 Å². The second-order valence-corrected chi connectivity index (χ2v) is 8.14. The molecule has 0 saturated carbocycles. The number of rotatable bonds is 4. The van der Waals surface area contributed by atoms with Gasteiger partial charge in [-0.1, -0.05) is 23.4 Å². The molecule has 8 heteroatoms. The van der Waals surface area contributed by atoms with E-state index in [9.17, 15) is 9.59 Å². The number of aromatic nitrogens is 1. The van der Waals surface area contributed by atoms with Crippen LogP contribution in [0.3, 0.4) is 0 Å². The first kappa shape index (κ1) is 18.1. The number of hydrogen-bond donors (Lipinski definition) is 1. The maximum atomic E-state index is 12.8. The molecule has 0 bridgehead atoms. The van der Waals surface area contributed by atoms with Crippen LogP contribution in [0.15, 0.2) is 39.8 Å². The van der Waals surface area contributed by atoms with Crippen LogP contribution >= 0.6 is 11.8 Å². The first-order valence-corrected chi connectivity index (χ1v) is 9.95. The van der Waals surface area contributed by atoms with Gasteiger partial charge in [-0.3, -0.25) is 14.5 Å². The number of hydrogen-bond acceptors (Lipinski definition) is 6. The molecule has 1 aromatic carbocycles. The molecule has 0 spiro atoms. The Morgan fingerprint density at radius 1 is 1.26 bits per heavy atom. The molecule has 7 nitrogen and oxygen atoms in total. The van der Waals surface area contributed by atoms with Crippen molar-refractivity contribution in [1.82, 2.24) is 15.0 Å². The summed E-state index contributed by atoms with van der Waals surface area (Å²) in [6, 6.07) is 9.91. The van der Waals surface area contributed by atoms with Gasteiger partial charge in [-0.2, -0.15) is 0 Å². The number of nitrogens with one attached hydrogen (secondary N) is 1. The Balaban J connectivity index is 1.24. The zero-order chi connectivity index (χ0) is 18.8. The summed E-state index contributed by atoms with van der Waals surface area (Å²) in [7, 11) is 0. The summed E-state index contributed by atoms with van der Waals surface area (Å²) in [5.41, 5.74) is 1.26. The number of amides is 2. The quantitative estimate of drug-likeness (QED) is 0.863. The fourth-order valence-corrected chi connectivity index (χ4v) is 4.74. The summed E-state index contributed by atoms with van der Waals surface area (Å²) < 4.78 is 4.94. The second kappa shape index (κ2) is 7.74. The van der Waals surface area contributed by atoms with Crippen LogP contribution in [-0.2, 0) is 16.0 Å². The number of fused-ring (bicyclic) bond motifs is 1. The van der Waals surface area contributed by atoms with Crippen molar-refractivity contribution in [1.29, 1.82) is 0 Å². The van der Waals surface area contributed by atoms with Gasteiger partial charge in [0, 0.05) is 37.1 Å². The number of nitrogens with zero attached hydrogens (tertiary/aromatic N) is 3. The Labute approximate surface area is 162 Å². The Kier molecular flexibility index (Phi) is 5.18. The minimum atomic E-state index is -0.120. The predicted molar refractivity (Wildman–Crippen MR) is 103 cm³/mol. The van der Waals surface area contributed by atoms with Crippen molar-refractivity contribution in [2.75, 3.05) is 38.0 Å². The van der Waals surface area contributed by atoms with Crippen molar-refractivity contribution in [3.05, 3.63) is 41.7 Å². The Morgan fingerprint density at radius 2 is 2.04 bits per heavy atom. The fraction of sp³-hybridized carbons (Fsp3) is 0.421. The topological polar surface area (TPSA) is 78.7 Å². The molecular formula is C19H22N4O3S. The number of benzene rings is 1. The van der Waals surface area contributed by atoms with Gasteiger partial charge in [0.05, 0.1) is 11.8 Å². The number of thioether (sulfide) groups is 1. The third-order valence-electron chi connectivity index (χ3n) is 4.87. The molecule has 0 aliphatic carbocycles. The van der Waals surface area contributed by atoms with Gasteiger partial charge < -0.3 is 14.7 Å². The number of aryl methyl sites for hydroxylation is 1. The Morgan fingerprint density at radius 3 is 2.74 bits per heavy atom. The van der Waals surface area contributed by atoms with Gasteiger partial charge in [0.2, 0.25) is 11.8 Å². The number of carbonyl (C=O) groups excluding carboxylic acids is 2. The molecule has 2 aliphatic heterocycles. The highest BCUT2D eigenvalue weighted by Gasteiger charge is 2.33. The van der Waals surface area contributed by atoms with Crippen molar-refractivity contribution >= 4 is 29.4 Å². The van der Waals surface area contributed by atoms with Crippen LogP contribution < -0.4 is 5.32 Å². The van der Waals surface area contributed by atoms with Crippen molar-refractivity contribution in [2.24, 2.45) is 0 Å². The smallest absolute Gasteiger partial charge is 0.239 e. The van der Waals surface area contributed by atoms with Crippen LogP contribution in [-0.4, -0.2) is 64.7 Å². The van der Waals surface area contributed by atoms with Gasteiger partial charge in [-0.15, -0.1) is 11.8 Å². The van der Waals surface area contributed by atoms with E-state index in [-0.39, 0.29) is 23.6 Å². The third kappa shape index (κ3) is 4.17.